The smallest absolute Gasteiger partial charge is 0.0686 e. The van der Waals surface area contributed by atoms with Crippen LogP contribution in [-0.4, -0.2) is 47.3 Å². The predicted octanol–water partition coefficient (Wildman–Crippen LogP) is 0.648. The maximum atomic E-state index is 10.3. The first kappa shape index (κ1) is 15.1. The molecule has 0 aromatic carbocycles. The average Bonchev–Trinajstić information content (AvgIpc) is 2.56. The molecule has 1 atom stereocenters. The fourth-order valence-electron chi connectivity index (χ4n) is 1.97. The maximum Gasteiger partial charge on any atom is 0.0686 e. The minimum Gasteiger partial charge on any atom is -0.390 e. The molecule has 0 amide bonds. The second-order valence-corrected chi connectivity index (χ2v) is 5.07. The Morgan fingerprint density at radius 1 is 1.50 bits per heavy atom. The van der Waals surface area contributed by atoms with Gasteiger partial charge in [0, 0.05) is 32.8 Å². The molecule has 0 saturated heterocycles. The Kier molecular flexibility index (Phi) is 5.78. The normalized spacial score (nSPS) is 14.7. The number of aryl methyl sites for hydroxylation is 2. The Balaban J connectivity index is 2.37. The lowest BCUT2D eigenvalue weighted by molar-refractivity contribution is 0.0492. The highest BCUT2D eigenvalue weighted by Gasteiger charge is 2.22. The van der Waals surface area contributed by atoms with Crippen molar-refractivity contribution in [2.45, 2.75) is 32.3 Å². The van der Waals surface area contributed by atoms with Crippen molar-refractivity contribution >= 4 is 0 Å². The van der Waals surface area contributed by atoms with Crippen molar-refractivity contribution < 1.29 is 9.84 Å². The van der Waals surface area contributed by atoms with Gasteiger partial charge in [-0.25, -0.2) is 0 Å². The summed E-state index contributed by atoms with van der Waals surface area (Å²) in [6.07, 6.45) is 1.33. The molecule has 0 fully saturated rings. The van der Waals surface area contributed by atoms with Crippen LogP contribution in [0.5, 0.6) is 0 Å². The number of hydrogen-bond acceptors (Lipinski definition) is 4. The lowest BCUT2D eigenvalue weighted by atomic mass is 9.96. The quantitative estimate of drug-likeness (QED) is 0.670. The van der Waals surface area contributed by atoms with Gasteiger partial charge in [0.15, 0.2) is 0 Å². The van der Waals surface area contributed by atoms with Gasteiger partial charge in [-0.1, -0.05) is 0 Å². The van der Waals surface area contributed by atoms with Gasteiger partial charge in [-0.2, -0.15) is 5.10 Å². The molecule has 5 heteroatoms. The Morgan fingerprint density at radius 2 is 2.22 bits per heavy atom. The van der Waals surface area contributed by atoms with E-state index in [9.17, 15) is 5.11 Å². The summed E-state index contributed by atoms with van der Waals surface area (Å²) in [7, 11) is 3.60. The van der Waals surface area contributed by atoms with E-state index < -0.39 is 5.60 Å². The molecule has 104 valence electrons. The van der Waals surface area contributed by atoms with Gasteiger partial charge in [0.25, 0.3) is 0 Å². The van der Waals surface area contributed by atoms with Gasteiger partial charge in [-0.15, -0.1) is 0 Å². The molecule has 18 heavy (non-hydrogen) atoms. The Morgan fingerprint density at radius 3 is 2.78 bits per heavy atom. The fraction of sp³-hybridized carbons (Fsp3) is 0.769. The molecule has 0 saturated carbocycles. The van der Waals surface area contributed by atoms with E-state index in [0.717, 1.165) is 24.5 Å². The summed E-state index contributed by atoms with van der Waals surface area (Å²) in [4.78, 5) is 0. The van der Waals surface area contributed by atoms with Crippen LogP contribution >= 0.6 is 0 Å². The zero-order chi connectivity index (χ0) is 13.6. The zero-order valence-electron chi connectivity index (χ0n) is 11.9. The van der Waals surface area contributed by atoms with Crippen LogP contribution < -0.4 is 5.32 Å². The van der Waals surface area contributed by atoms with E-state index in [1.807, 2.05) is 31.6 Å². The maximum absolute atomic E-state index is 10.3. The summed E-state index contributed by atoms with van der Waals surface area (Å²) in [6, 6.07) is 2.02. The van der Waals surface area contributed by atoms with Gasteiger partial charge < -0.3 is 15.2 Å². The van der Waals surface area contributed by atoms with Crippen molar-refractivity contribution in [1.82, 2.24) is 15.1 Å². The molecular weight excluding hydrogens is 230 g/mol. The van der Waals surface area contributed by atoms with E-state index in [-0.39, 0.29) is 0 Å². The molecule has 5 nitrogen and oxygen atoms in total. The molecule has 0 radical (unpaired) electrons. The molecule has 1 aromatic heterocycles. The predicted molar refractivity (Wildman–Crippen MR) is 71.6 cm³/mol. The van der Waals surface area contributed by atoms with Gasteiger partial charge in [-0.3, -0.25) is 4.68 Å². The van der Waals surface area contributed by atoms with E-state index in [4.69, 9.17) is 4.74 Å². The molecular formula is C13H25N3O2. The second-order valence-electron chi connectivity index (χ2n) is 5.07. The van der Waals surface area contributed by atoms with Crippen LogP contribution in [0.15, 0.2) is 6.07 Å². The third-order valence-electron chi connectivity index (χ3n) is 2.98. The van der Waals surface area contributed by atoms with E-state index in [1.165, 1.54) is 0 Å². The van der Waals surface area contributed by atoms with Crippen LogP contribution in [-0.2, 0) is 18.2 Å². The lowest BCUT2D eigenvalue weighted by Crippen LogP contribution is -2.33. The van der Waals surface area contributed by atoms with Crippen molar-refractivity contribution in [3.63, 3.8) is 0 Å². The van der Waals surface area contributed by atoms with Crippen molar-refractivity contribution in [1.29, 1.82) is 0 Å². The Hall–Kier alpha value is -0.910. The summed E-state index contributed by atoms with van der Waals surface area (Å²) >= 11 is 0. The highest BCUT2D eigenvalue weighted by molar-refractivity contribution is 5.11. The van der Waals surface area contributed by atoms with Crippen molar-refractivity contribution in [3.05, 3.63) is 17.5 Å². The van der Waals surface area contributed by atoms with Crippen LogP contribution in [0.2, 0.25) is 0 Å². The third kappa shape index (κ3) is 5.16. The van der Waals surface area contributed by atoms with Gasteiger partial charge in [0.05, 0.1) is 17.9 Å². The zero-order valence-corrected chi connectivity index (χ0v) is 11.9. The number of nitrogens with one attached hydrogen (secondary N) is 1. The van der Waals surface area contributed by atoms with E-state index in [0.29, 0.717) is 19.4 Å². The van der Waals surface area contributed by atoms with Crippen LogP contribution in [0.3, 0.4) is 0 Å². The summed E-state index contributed by atoms with van der Waals surface area (Å²) in [5.74, 6) is 0. The highest BCUT2D eigenvalue weighted by Crippen LogP contribution is 2.16. The van der Waals surface area contributed by atoms with Crippen molar-refractivity contribution in [3.8, 4) is 0 Å². The number of hydrogen-bond donors (Lipinski definition) is 2. The molecule has 2 N–H and O–H groups in total. The highest BCUT2D eigenvalue weighted by atomic mass is 16.5. The molecule has 1 unspecified atom stereocenters. The first-order chi connectivity index (χ1) is 8.44. The van der Waals surface area contributed by atoms with Crippen LogP contribution in [0.1, 0.15) is 24.7 Å². The molecule has 1 heterocycles. The number of ether oxygens (including phenoxy) is 1. The number of aliphatic hydroxyl groups is 1. The molecule has 1 rings (SSSR count). The van der Waals surface area contributed by atoms with Gasteiger partial charge in [0.1, 0.15) is 0 Å². The molecule has 0 aliphatic heterocycles. The topological polar surface area (TPSA) is 59.3 Å². The summed E-state index contributed by atoms with van der Waals surface area (Å²) in [6.45, 7) is 6.13. The fourth-order valence-corrected chi connectivity index (χ4v) is 1.97. The largest absolute Gasteiger partial charge is 0.390 e. The minimum atomic E-state index is -0.708. The molecule has 0 bridgehead atoms. The van der Waals surface area contributed by atoms with Crippen LogP contribution in [0, 0.1) is 6.92 Å². The Labute approximate surface area is 109 Å². The molecule has 1 aromatic rings. The summed E-state index contributed by atoms with van der Waals surface area (Å²) in [5.41, 5.74) is 1.34. The summed E-state index contributed by atoms with van der Waals surface area (Å²) < 4.78 is 6.79. The molecule has 0 aliphatic carbocycles. The van der Waals surface area contributed by atoms with Crippen molar-refractivity contribution in [2.75, 3.05) is 26.8 Å². The minimum absolute atomic E-state index is 0.621. The van der Waals surface area contributed by atoms with Gasteiger partial charge in [0.2, 0.25) is 0 Å². The first-order valence-corrected chi connectivity index (χ1v) is 6.36. The first-order valence-electron chi connectivity index (χ1n) is 6.36. The Bertz CT molecular complexity index is 361. The van der Waals surface area contributed by atoms with Crippen LogP contribution in [0.25, 0.3) is 0 Å². The standard InChI is InChI=1S/C13H25N3O2/c1-11-9-12(16(3)15-11)10-13(2,17)5-6-14-7-8-18-4/h9,14,17H,5-8,10H2,1-4H3. The SMILES string of the molecule is COCCNCCC(C)(O)Cc1cc(C)nn1C. The second kappa shape index (κ2) is 6.87. The van der Waals surface area contributed by atoms with E-state index >= 15 is 0 Å². The van der Waals surface area contributed by atoms with E-state index in [2.05, 4.69) is 10.4 Å². The number of methoxy groups -OCH3 is 1. The average molecular weight is 255 g/mol. The van der Waals surface area contributed by atoms with Crippen molar-refractivity contribution in [2.24, 2.45) is 7.05 Å². The van der Waals surface area contributed by atoms with Gasteiger partial charge >= 0.3 is 0 Å². The number of nitrogens with zero attached hydrogens (tertiary/aromatic N) is 2. The molecule has 0 spiro atoms. The monoisotopic (exact) mass is 255 g/mol. The summed E-state index contributed by atoms with van der Waals surface area (Å²) in [5, 5.41) is 17.9. The van der Waals surface area contributed by atoms with Gasteiger partial charge in [-0.05, 0) is 32.9 Å². The number of aromatic nitrogens is 2. The third-order valence-corrected chi connectivity index (χ3v) is 2.98. The molecule has 0 aliphatic rings. The van der Waals surface area contributed by atoms with Crippen LogP contribution in [0.4, 0.5) is 0 Å². The van der Waals surface area contributed by atoms with E-state index in [1.54, 1.807) is 7.11 Å². The number of rotatable bonds is 8. The lowest BCUT2D eigenvalue weighted by Gasteiger charge is -2.23.